The van der Waals surface area contributed by atoms with Gasteiger partial charge in [0.15, 0.2) is 5.01 Å². The zero-order valence-electron chi connectivity index (χ0n) is 16.2. The molecule has 2 heterocycles. The van der Waals surface area contributed by atoms with Crippen molar-refractivity contribution in [3.63, 3.8) is 0 Å². The van der Waals surface area contributed by atoms with Crippen LogP contribution in [-0.4, -0.2) is 55.2 Å². The second-order valence-corrected chi connectivity index (χ2v) is 8.79. The zero-order chi connectivity index (χ0) is 20.9. The molecule has 0 spiro atoms. The van der Waals surface area contributed by atoms with E-state index >= 15 is 0 Å². The number of carbonyl (C=O) groups is 1. The van der Waals surface area contributed by atoms with Crippen LogP contribution in [0.5, 0.6) is 0 Å². The van der Waals surface area contributed by atoms with Gasteiger partial charge < -0.3 is 10.1 Å². The van der Waals surface area contributed by atoms with Crippen LogP contribution in [0.25, 0.3) is 21.7 Å². The standard InChI is InChI=1S/C22H21Cl2N3O2S/c23-17-5-1-15(2-6-17)19-20(16-3-7-18(24)8-4-16)30-22(26-19)21(28)25-9-10-27-11-13-29-14-12-27/h1-8H,9-14H2,(H,25,28). The molecule has 0 radical (unpaired) electrons. The number of rotatable bonds is 6. The predicted octanol–water partition coefficient (Wildman–Crippen LogP) is 4.85. The van der Waals surface area contributed by atoms with Gasteiger partial charge in [-0.15, -0.1) is 11.3 Å². The predicted molar refractivity (Wildman–Crippen MR) is 123 cm³/mol. The van der Waals surface area contributed by atoms with Gasteiger partial charge in [-0.2, -0.15) is 0 Å². The number of ether oxygens (including phenoxy) is 1. The van der Waals surface area contributed by atoms with Gasteiger partial charge in [0, 0.05) is 41.8 Å². The number of nitrogens with one attached hydrogen (secondary N) is 1. The number of nitrogens with zero attached hydrogens (tertiary/aromatic N) is 2. The lowest BCUT2D eigenvalue weighted by molar-refractivity contribution is 0.0383. The Bertz CT molecular complexity index is 937. The number of aromatic nitrogens is 1. The van der Waals surface area contributed by atoms with E-state index in [2.05, 4.69) is 15.2 Å². The first-order valence-corrected chi connectivity index (χ1v) is 11.3. The topological polar surface area (TPSA) is 54.5 Å². The molecule has 1 aromatic heterocycles. The van der Waals surface area contributed by atoms with Crippen molar-refractivity contribution in [2.45, 2.75) is 0 Å². The first-order valence-electron chi connectivity index (χ1n) is 9.71. The van der Waals surface area contributed by atoms with E-state index in [0.29, 0.717) is 21.6 Å². The van der Waals surface area contributed by atoms with Crippen LogP contribution in [0.4, 0.5) is 0 Å². The quantitative estimate of drug-likeness (QED) is 0.570. The largest absolute Gasteiger partial charge is 0.379 e. The Morgan fingerprint density at radius 1 is 1.00 bits per heavy atom. The summed E-state index contributed by atoms with van der Waals surface area (Å²) in [7, 11) is 0. The summed E-state index contributed by atoms with van der Waals surface area (Å²) in [6.45, 7) is 4.66. The van der Waals surface area contributed by atoms with Crippen LogP contribution in [0.3, 0.4) is 0 Å². The molecule has 8 heteroatoms. The fraction of sp³-hybridized carbons (Fsp3) is 0.273. The number of carbonyl (C=O) groups excluding carboxylic acids is 1. The highest BCUT2D eigenvalue weighted by Crippen LogP contribution is 2.37. The van der Waals surface area contributed by atoms with Crippen molar-refractivity contribution in [3.05, 3.63) is 63.6 Å². The van der Waals surface area contributed by atoms with Crippen LogP contribution in [0.1, 0.15) is 9.80 Å². The van der Waals surface area contributed by atoms with Gasteiger partial charge in [0.2, 0.25) is 0 Å². The second-order valence-electron chi connectivity index (χ2n) is 6.92. The van der Waals surface area contributed by atoms with Gasteiger partial charge in [0.1, 0.15) is 0 Å². The zero-order valence-corrected chi connectivity index (χ0v) is 18.6. The Balaban J connectivity index is 1.55. The molecule has 3 aromatic rings. The van der Waals surface area contributed by atoms with Crippen LogP contribution in [0.2, 0.25) is 10.0 Å². The van der Waals surface area contributed by atoms with Crippen LogP contribution in [-0.2, 0) is 4.74 Å². The van der Waals surface area contributed by atoms with Gasteiger partial charge in [0.05, 0.1) is 23.8 Å². The van der Waals surface area contributed by atoms with E-state index in [0.717, 1.165) is 54.5 Å². The first-order chi connectivity index (χ1) is 14.6. The highest BCUT2D eigenvalue weighted by molar-refractivity contribution is 7.17. The van der Waals surface area contributed by atoms with Crippen molar-refractivity contribution in [2.75, 3.05) is 39.4 Å². The van der Waals surface area contributed by atoms with E-state index in [1.54, 1.807) is 0 Å². The number of benzene rings is 2. The van der Waals surface area contributed by atoms with E-state index in [-0.39, 0.29) is 5.91 Å². The molecule has 1 saturated heterocycles. The molecule has 0 saturated carbocycles. The molecular formula is C22H21Cl2N3O2S. The Kier molecular flexibility index (Phi) is 7.02. The lowest BCUT2D eigenvalue weighted by Gasteiger charge is -2.26. The van der Waals surface area contributed by atoms with Crippen molar-refractivity contribution in [1.82, 2.24) is 15.2 Å². The summed E-state index contributed by atoms with van der Waals surface area (Å²) in [5, 5.41) is 4.75. The third kappa shape index (κ3) is 5.20. The van der Waals surface area contributed by atoms with Crippen molar-refractivity contribution in [2.24, 2.45) is 0 Å². The molecule has 1 aliphatic heterocycles. The minimum absolute atomic E-state index is 0.163. The summed E-state index contributed by atoms with van der Waals surface area (Å²) in [4.78, 5) is 20.7. The van der Waals surface area contributed by atoms with E-state index in [1.807, 2.05) is 48.5 Å². The van der Waals surface area contributed by atoms with Gasteiger partial charge >= 0.3 is 0 Å². The van der Waals surface area contributed by atoms with Crippen LogP contribution >= 0.6 is 34.5 Å². The minimum atomic E-state index is -0.163. The average molecular weight is 462 g/mol. The number of thiazole rings is 1. The van der Waals surface area contributed by atoms with Gasteiger partial charge in [-0.25, -0.2) is 4.98 Å². The first kappa shape index (κ1) is 21.3. The normalized spacial score (nSPS) is 14.6. The molecule has 2 aromatic carbocycles. The smallest absolute Gasteiger partial charge is 0.280 e. The molecule has 1 fully saturated rings. The lowest BCUT2D eigenvalue weighted by atomic mass is 10.1. The van der Waals surface area contributed by atoms with Crippen molar-refractivity contribution in [3.8, 4) is 21.7 Å². The molecule has 30 heavy (non-hydrogen) atoms. The molecule has 0 aliphatic carbocycles. The van der Waals surface area contributed by atoms with E-state index in [9.17, 15) is 4.79 Å². The average Bonchev–Trinajstić information content (AvgIpc) is 3.21. The van der Waals surface area contributed by atoms with Crippen molar-refractivity contribution >= 4 is 40.4 Å². The molecular weight excluding hydrogens is 441 g/mol. The summed E-state index contributed by atoms with van der Waals surface area (Å²) in [6, 6.07) is 15.0. The molecule has 5 nitrogen and oxygen atoms in total. The van der Waals surface area contributed by atoms with Crippen LogP contribution < -0.4 is 5.32 Å². The third-order valence-corrected chi connectivity index (χ3v) is 6.47. The summed E-state index contributed by atoms with van der Waals surface area (Å²) >= 11 is 13.5. The number of hydrogen-bond donors (Lipinski definition) is 1. The number of amides is 1. The molecule has 156 valence electrons. The maximum Gasteiger partial charge on any atom is 0.280 e. The van der Waals surface area contributed by atoms with Crippen molar-refractivity contribution in [1.29, 1.82) is 0 Å². The Labute approximate surface area is 189 Å². The highest BCUT2D eigenvalue weighted by atomic mass is 35.5. The maximum atomic E-state index is 12.8. The fourth-order valence-corrected chi connectivity index (χ4v) is 4.51. The molecule has 1 aliphatic rings. The van der Waals surface area contributed by atoms with Gasteiger partial charge in [-0.1, -0.05) is 47.5 Å². The number of morpholine rings is 1. The summed E-state index contributed by atoms with van der Waals surface area (Å²) < 4.78 is 5.36. The molecule has 1 N–H and O–H groups in total. The maximum absolute atomic E-state index is 12.8. The minimum Gasteiger partial charge on any atom is -0.379 e. The highest BCUT2D eigenvalue weighted by Gasteiger charge is 2.19. The SMILES string of the molecule is O=C(NCCN1CCOCC1)c1nc(-c2ccc(Cl)cc2)c(-c2ccc(Cl)cc2)s1. The van der Waals surface area contributed by atoms with Gasteiger partial charge in [0.25, 0.3) is 5.91 Å². The number of halogens is 2. The van der Waals surface area contributed by atoms with E-state index in [1.165, 1.54) is 11.3 Å². The second kappa shape index (κ2) is 9.90. The Hall–Kier alpha value is -1.96. The third-order valence-electron chi connectivity index (χ3n) is 4.86. The van der Waals surface area contributed by atoms with Crippen LogP contribution in [0.15, 0.2) is 48.5 Å². The Morgan fingerprint density at radius 2 is 1.60 bits per heavy atom. The summed E-state index contributed by atoms with van der Waals surface area (Å²) in [5.74, 6) is -0.163. The lowest BCUT2D eigenvalue weighted by Crippen LogP contribution is -2.41. The van der Waals surface area contributed by atoms with Crippen LogP contribution in [0, 0.1) is 0 Å². The molecule has 4 rings (SSSR count). The molecule has 0 bridgehead atoms. The van der Waals surface area contributed by atoms with Gasteiger partial charge in [-0.05, 0) is 29.8 Å². The molecule has 0 atom stereocenters. The Morgan fingerprint density at radius 3 is 2.23 bits per heavy atom. The summed E-state index contributed by atoms with van der Waals surface area (Å²) in [5.41, 5.74) is 2.64. The molecule has 1 amide bonds. The van der Waals surface area contributed by atoms with Gasteiger partial charge in [-0.3, -0.25) is 9.69 Å². The van der Waals surface area contributed by atoms with Crippen molar-refractivity contribution < 1.29 is 9.53 Å². The number of hydrogen-bond acceptors (Lipinski definition) is 5. The molecule has 0 unspecified atom stereocenters. The van der Waals surface area contributed by atoms with E-state index < -0.39 is 0 Å². The summed E-state index contributed by atoms with van der Waals surface area (Å²) in [6.07, 6.45) is 0. The monoisotopic (exact) mass is 461 g/mol. The fourth-order valence-electron chi connectivity index (χ4n) is 3.25. The van der Waals surface area contributed by atoms with E-state index in [4.69, 9.17) is 27.9 Å².